The van der Waals surface area contributed by atoms with Gasteiger partial charge in [0.25, 0.3) is 0 Å². The van der Waals surface area contributed by atoms with E-state index < -0.39 is 0 Å². The first-order valence-corrected chi connectivity index (χ1v) is 5.33. The molecule has 2 heterocycles. The lowest BCUT2D eigenvalue weighted by molar-refractivity contribution is -0.119. The summed E-state index contributed by atoms with van der Waals surface area (Å²) in [6.07, 6.45) is 2.45. The first kappa shape index (κ1) is 11.0. The smallest absolute Gasteiger partial charge is 0.231 e. The fraction of sp³-hybridized carbons (Fsp3) is 0.455. The van der Waals surface area contributed by atoms with Crippen LogP contribution in [0.3, 0.4) is 0 Å². The molecule has 1 aliphatic heterocycles. The number of amides is 1. The molecule has 1 atom stereocenters. The predicted molar refractivity (Wildman–Crippen MR) is 59.7 cm³/mol. The van der Waals surface area contributed by atoms with Crippen molar-refractivity contribution in [3.05, 3.63) is 23.9 Å². The third-order valence-electron chi connectivity index (χ3n) is 2.61. The number of carbonyl (C=O) groups excluding carboxylic acids is 1. The van der Waals surface area contributed by atoms with E-state index in [2.05, 4.69) is 10.3 Å². The van der Waals surface area contributed by atoms with Crippen LogP contribution < -0.4 is 11.1 Å². The largest absolute Gasteiger partial charge is 0.381 e. The average Bonchev–Trinajstić information content (AvgIpc) is 2.83. The van der Waals surface area contributed by atoms with E-state index in [9.17, 15) is 4.79 Å². The molecule has 1 saturated heterocycles. The van der Waals surface area contributed by atoms with Crippen molar-refractivity contribution in [2.75, 3.05) is 18.5 Å². The van der Waals surface area contributed by atoms with E-state index in [1.54, 1.807) is 12.3 Å². The second-order valence-electron chi connectivity index (χ2n) is 3.81. The third-order valence-corrected chi connectivity index (χ3v) is 2.61. The molecule has 0 bridgehead atoms. The van der Waals surface area contributed by atoms with Gasteiger partial charge in [0.05, 0.1) is 12.5 Å². The van der Waals surface area contributed by atoms with Gasteiger partial charge in [-0.2, -0.15) is 0 Å². The molecule has 86 valence electrons. The van der Waals surface area contributed by atoms with Gasteiger partial charge in [-0.1, -0.05) is 6.07 Å². The lowest BCUT2D eigenvalue weighted by Gasteiger charge is -2.08. The molecule has 1 unspecified atom stereocenters. The maximum absolute atomic E-state index is 11.7. The number of hydrogen-bond acceptors (Lipinski definition) is 4. The Morgan fingerprint density at radius 1 is 1.62 bits per heavy atom. The third kappa shape index (κ3) is 2.56. The van der Waals surface area contributed by atoms with Crippen molar-refractivity contribution in [2.24, 2.45) is 11.7 Å². The zero-order valence-corrected chi connectivity index (χ0v) is 8.98. The molecule has 1 amide bonds. The van der Waals surface area contributed by atoms with Crippen LogP contribution >= 0.6 is 0 Å². The summed E-state index contributed by atoms with van der Waals surface area (Å²) >= 11 is 0. The van der Waals surface area contributed by atoms with Crippen LogP contribution in [0, 0.1) is 5.92 Å². The molecule has 0 aromatic carbocycles. The van der Waals surface area contributed by atoms with Crippen molar-refractivity contribution in [3.63, 3.8) is 0 Å². The van der Waals surface area contributed by atoms with E-state index in [0.717, 1.165) is 12.0 Å². The highest BCUT2D eigenvalue weighted by atomic mass is 16.5. The minimum Gasteiger partial charge on any atom is -0.381 e. The molecule has 5 heteroatoms. The van der Waals surface area contributed by atoms with Gasteiger partial charge in [0.2, 0.25) is 5.91 Å². The van der Waals surface area contributed by atoms with E-state index in [0.29, 0.717) is 25.6 Å². The van der Waals surface area contributed by atoms with E-state index >= 15 is 0 Å². The minimum absolute atomic E-state index is 0.0227. The summed E-state index contributed by atoms with van der Waals surface area (Å²) < 4.78 is 5.15. The molecule has 1 fully saturated rings. The SMILES string of the molecule is NCc1ccc(NC(=O)C2CCOC2)nc1. The molecule has 1 aromatic rings. The lowest BCUT2D eigenvalue weighted by Crippen LogP contribution is -2.23. The van der Waals surface area contributed by atoms with Crippen LogP contribution in [0.5, 0.6) is 0 Å². The van der Waals surface area contributed by atoms with E-state index in [1.165, 1.54) is 0 Å². The molecule has 1 aromatic heterocycles. The molecule has 5 nitrogen and oxygen atoms in total. The maximum Gasteiger partial charge on any atom is 0.231 e. The fourth-order valence-electron chi connectivity index (χ4n) is 1.59. The second kappa shape index (κ2) is 5.05. The molecule has 3 N–H and O–H groups in total. The number of anilines is 1. The van der Waals surface area contributed by atoms with Gasteiger partial charge >= 0.3 is 0 Å². The topological polar surface area (TPSA) is 77.2 Å². The van der Waals surface area contributed by atoms with Gasteiger partial charge < -0.3 is 15.8 Å². The van der Waals surface area contributed by atoms with Crippen molar-refractivity contribution in [3.8, 4) is 0 Å². The van der Waals surface area contributed by atoms with Crippen LogP contribution in [0.25, 0.3) is 0 Å². The monoisotopic (exact) mass is 221 g/mol. The van der Waals surface area contributed by atoms with Crippen LogP contribution in [0.4, 0.5) is 5.82 Å². The second-order valence-corrected chi connectivity index (χ2v) is 3.81. The van der Waals surface area contributed by atoms with E-state index in [4.69, 9.17) is 10.5 Å². The Balaban J connectivity index is 1.94. The highest BCUT2D eigenvalue weighted by molar-refractivity contribution is 5.91. The molecular formula is C11H15N3O2. The van der Waals surface area contributed by atoms with Crippen LogP contribution in [0.15, 0.2) is 18.3 Å². The quantitative estimate of drug-likeness (QED) is 0.779. The molecule has 2 rings (SSSR count). The molecule has 0 aliphatic carbocycles. The number of aromatic nitrogens is 1. The van der Waals surface area contributed by atoms with Crippen molar-refractivity contribution in [1.29, 1.82) is 0 Å². The van der Waals surface area contributed by atoms with Crippen LogP contribution in [-0.2, 0) is 16.1 Å². The lowest BCUT2D eigenvalue weighted by atomic mass is 10.1. The Morgan fingerprint density at radius 2 is 2.50 bits per heavy atom. The fourth-order valence-corrected chi connectivity index (χ4v) is 1.59. The summed E-state index contributed by atoms with van der Waals surface area (Å²) in [5.74, 6) is 0.496. The van der Waals surface area contributed by atoms with Crippen molar-refractivity contribution < 1.29 is 9.53 Å². The standard InChI is InChI=1S/C11H15N3O2/c12-5-8-1-2-10(13-6-8)14-11(15)9-3-4-16-7-9/h1-2,6,9H,3-5,7,12H2,(H,13,14,15). The van der Waals surface area contributed by atoms with Gasteiger partial charge in [-0.25, -0.2) is 4.98 Å². The summed E-state index contributed by atoms with van der Waals surface area (Å²) in [4.78, 5) is 15.8. The minimum atomic E-state index is -0.0454. The Kier molecular flexibility index (Phi) is 3.48. The Morgan fingerprint density at radius 3 is 3.06 bits per heavy atom. The van der Waals surface area contributed by atoms with E-state index in [1.807, 2.05) is 6.07 Å². The first-order chi connectivity index (χ1) is 7.79. The number of carbonyl (C=O) groups is 1. The molecular weight excluding hydrogens is 206 g/mol. The summed E-state index contributed by atoms with van der Waals surface area (Å²) in [5.41, 5.74) is 6.40. The van der Waals surface area contributed by atoms with Crippen molar-refractivity contribution >= 4 is 11.7 Å². The normalized spacial score (nSPS) is 19.7. The number of rotatable bonds is 3. The van der Waals surface area contributed by atoms with Crippen molar-refractivity contribution in [1.82, 2.24) is 4.98 Å². The van der Waals surface area contributed by atoms with Gasteiger partial charge in [0.15, 0.2) is 0 Å². The average molecular weight is 221 g/mol. The van der Waals surface area contributed by atoms with Crippen LogP contribution in [0.1, 0.15) is 12.0 Å². The van der Waals surface area contributed by atoms with Crippen molar-refractivity contribution in [2.45, 2.75) is 13.0 Å². The Hall–Kier alpha value is -1.46. The first-order valence-electron chi connectivity index (χ1n) is 5.33. The van der Waals surface area contributed by atoms with Crippen LogP contribution in [0.2, 0.25) is 0 Å². The highest BCUT2D eigenvalue weighted by Crippen LogP contribution is 2.14. The van der Waals surface area contributed by atoms with E-state index in [-0.39, 0.29) is 11.8 Å². The van der Waals surface area contributed by atoms with Gasteiger partial charge in [-0.3, -0.25) is 4.79 Å². The van der Waals surface area contributed by atoms with Gasteiger partial charge in [-0.15, -0.1) is 0 Å². The number of nitrogens with zero attached hydrogens (tertiary/aromatic N) is 1. The van der Waals surface area contributed by atoms with Gasteiger partial charge in [-0.05, 0) is 18.1 Å². The summed E-state index contributed by atoms with van der Waals surface area (Å²) in [6, 6.07) is 3.61. The predicted octanol–water partition coefficient (Wildman–Crippen LogP) is 0.515. The zero-order valence-electron chi connectivity index (χ0n) is 8.98. The molecule has 0 spiro atoms. The molecule has 1 aliphatic rings. The number of pyridine rings is 1. The molecule has 16 heavy (non-hydrogen) atoms. The Bertz CT molecular complexity index is 358. The summed E-state index contributed by atoms with van der Waals surface area (Å²) in [7, 11) is 0. The maximum atomic E-state index is 11.7. The molecule has 0 saturated carbocycles. The highest BCUT2D eigenvalue weighted by Gasteiger charge is 2.23. The number of ether oxygens (including phenoxy) is 1. The zero-order chi connectivity index (χ0) is 11.4. The summed E-state index contributed by atoms with van der Waals surface area (Å²) in [6.45, 7) is 1.63. The van der Waals surface area contributed by atoms with Gasteiger partial charge in [0, 0.05) is 19.3 Å². The van der Waals surface area contributed by atoms with Crippen LogP contribution in [-0.4, -0.2) is 24.1 Å². The van der Waals surface area contributed by atoms with Gasteiger partial charge in [0.1, 0.15) is 5.82 Å². The molecule has 0 radical (unpaired) electrons. The summed E-state index contributed by atoms with van der Waals surface area (Å²) in [5, 5.41) is 2.76. The Labute approximate surface area is 94.0 Å². The number of nitrogens with one attached hydrogen (secondary N) is 1. The number of hydrogen-bond donors (Lipinski definition) is 2. The number of nitrogens with two attached hydrogens (primary N) is 1.